The minimum atomic E-state index is 0. The molecule has 5 aromatic carbocycles. The van der Waals surface area contributed by atoms with Crippen molar-refractivity contribution >= 4 is 36.0 Å². The summed E-state index contributed by atoms with van der Waals surface area (Å²) in [6.07, 6.45) is 5.52. The van der Waals surface area contributed by atoms with Gasteiger partial charge in [0, 0.05) is 0 Å². The zero-order valence-electron chi connectivity index (χ0n) is 27.1. The Morgan fingerprint density at radius 1 is 0.698 bits per heavy atom. The van der Waals surface area contributed by atoms with Crippen molar-refractivity contribution in [1.29, 1.82) is 0 Å². The Kier molecular flexibility index (Phi) is 13.1. The molecule has 0 radical (unpaired) electrons. The Hall–Kier alpha value is -2.18. The van der Waals surface area contributed by atoms with Crippen molar-refractivity contribution in [2.45, 2.75) is 73.1 Å². The van der Waals surface area contributed by atoms with Gasteiger partial charge in [-0.05, 0) is 10.8 Å². The summed E-state index contributed by atoms with van der Waals surface area (Å²) in [5.74, 6) is 0.551. The molecule has 0 aliphatic heterocycles. The van der Waals surface area contributed by atoms with E-state index in [1.165, 1.54) is 84.4 Å². The van der Waals surface area contributed by atoms with Crippen molar-refractivity contribution in [3.63, 3.8) is 0 Å². The van der Waals surface area contributed by atoms with Crippen molar-refractivity contribution in [2.24, 2.45) is 5.92 Å². The topological polar surface area (TPSA) is 0 Å². The molecule has 0 spiro atoms. The average Bonchev–Trinajstić information content (AvgIpc) is 3.44. The normalized spacial score (nSPS) is 14.4. The van der Waals surface area contributed by atoms with Gasteiger partial charge in [0.15, 0.2) is 0 Å². The van der Waals surface area contributed by atoms with E-state index in [1.54, 1.807) is 0 Å². The first kappa shape index (κ1) is 37.0. The summed E-state index contributed by atoms with van der Waals surface area (Å²) in [5, 5.41) is 8.17. The van der Waals surface area contributed by atoms with Gasteiger partial charge in [-0.3, -0.25) is 6.08 Å². The van der Waals surface area contributed by atoms with Crippen LogP contribution in [-0.4, -0.2) is 3.71 Å². The molecule has 0 N–H and O–H groups in total. The molecule has 0 bridgehead atoms. The van der Waals surface area contributed by atoms with Gasteiger partial charge in [0.1, 0.15) is 0 Å². The first-order valence-corrected chi connectivity index (χ1v) is 16.1. The van der Waals surface area contributed by atoms with Crippen LogP contribution in [0.5, 0.6) is 0 Å². The van der Waals surface area contributed by atoms with E-state index in [1.807, 2.05) is 0 Å². The van der Waals surface area contributed by atoms with Gasteiger partial charge in [-0.25, -0.2) is 11.1 Å². The Morgan fingerprint density at radius 3 is 1.63 bits per heavy atom. The van der Waals surface area contributed by atoms with Gasteiger partial charge in [0.2, 0.25) is 0 Å². The summed E-state index contributed by atoms with van der Waals surface area (Å²) in [6.45, 7) is 20.1. The van der Waals surface area contributed by atoms with Crippen LogP contribution < -0.4 is 24.8 Å². The molecule has 0 heterocycles. The second kappa shape index (κ2) is 15.2. The second-order valence-corrected chi connectivity index (χ2v) is 14.1. The molecule has 224 valence electrons. The summed E-state index contributed by atoms with van der Waals surface area (Å²) in [4.78, 5) is 0. The van der Waals surface area contributed by atoms with Gasteiger partial charge in [-0.1, -0.05) is 96.7 Å². The van der Waals surface area contributed by atoms with Crippen LogP contribution in [0, 0.1) is 12.0 Å². The number of halogens is 2. The number of allylic oxidation sites excluding steroid dienone is 4. The summed E-state index contributed by atoms with van der Waals surface area (Å²) in [7, 11) is 0. The maximum atomic E-state index is 3.29. The molecular weight excluding hydrogens is 643 g/mol. The van der Waals surface area contributed by atoms with Gasteiger partial charge in [-0.2, -0.15) is 6.08 Å². The number of benzene rings is 4. The molecule has 0 aromatic heterocycles. The number of hydrogen-bond donors (Lipinski definition) is 0. The first-order chi connectivity index (χ1) is 19.3. The van der Waals surface area contributed by atoms with Crippen molar-refractivity contribution in [2.75, 3.05) is 0 Å². The molecule has 1 aliphatic carbocycles. The molecular formula is C40H44Cl2Zr-2. The maximum absolute atomic E-state index is 3.29. The van der Waals surface area contributed by atoms with Crippen LogP contribution >= 0.6 is 0 Å². The zero-order valence-corrected chi connectivity index (χ0v) is 31.0. The molecule has 0 saturated carbocycles. The molecule has 3 heteroatoms. The van der Waals surface area contributed by atoms with Gasteiger partial charge in [0.05, 0.1) is 0 Å². The molecule has 1 atom stereocenters. The fourth-order valence-corrected chi connectivity index (χ4v) is 5.92. The molecule has 0 nitrogen and oxygen atoms in total. The van der Waals surface area contributed by atoms with Crippen molar-refractivity contribution in [3.05, 3.63) is 125 Å². The number of rotatable bonds is 1. The summed E-state index contributed by atoms with van der Waals surface area (Å²) in [6, 6.07) is 31.1. The summed E-state index contributed by atoms with van der Waals surface area (Å²) in [5.41, 5.74) is 7.26. The van der Waals surface area contributed by atoms with Crippen molar-refractivity contribution in [3.8, 4) is 0 Å². The standard InChI is InChI=1S/C21H25.C11H8.C8H11.2ClH.Zr/c1-20(2,3)16-9-7-14-11-15-8-10-17(21(4,5)6)13-19(15)18(14)12-16;1-9-5-4-7-10-6-2-3-8-11(9)10;1-6-4-7(2)8(3)5-6;;;/h7-13H,1-6H3;1-8H;4,6H,1-3H3;2*1H;/q-1;;-1;;;+2/p-2. The predicted octanol–water partition coefficient (Wildman–Crippen LogP) is 5.18. The Morgan fingerprint density at radius 2 is 1.21 bits per heavy atom. The average molecular weight is 687 g/mol. The fourth-order valence-electron chi connectivity index (χ4n) is 5.30. The Bertz CT molecular complexity index is 1660. The number of fused-ring (bicyclic) bond motifs is 4. The molecule has 5 aromatic rings. The SMILES string of the molecule is CC(C)(C)c1ccc2[cH-]c3ccc(C(C)(C)C)cc3c2c1.CC1=[C-]C(C)C=C1C.[Cl-].[Cl-].[Zr+2]=[CH]c1cccc2ccccc12. The third kappa shape index (κ3) is 9.17. The molecule has 1 aliphatic rings. The van der Waals surface area contributed by atoms with Crippen LogP contribution in [0.15, 0.2) is 102 Å². The van der Waals surface area contributed by atoms with Gasteiger partial charge < -0.3 is 24.8 Å². The van der Waals surface area contributed by atoms with E-state index in [0.717, 1.165) is 0 Å². The molecule has 0 fully saturated rings. The molecule has 0 amide bonds. The van der Waals surface area contributed by atoms with Crippen LogP contribution in [0.1, 0.15) is 79.0 Å². The van der Waals surface area contributed by atoms with E-state index in [4.69, 9.17) is 0 Å². The summed E-state index contributed by atoms with van der Waals surface area (Å²) >= 11 is 1.46. The second-order valence-electron chi connectivity index (χ2n) is 13.4. The van der Waals surface area contributed by atoms with E-state index < -0.39 is 0 Å². The molecule has 0 saturated heterocycles. The van der Waals surface area contributed by atoms with Crippen molar-refractivity contribution in [1.82, 2.24) is 0 Å². The van der Waals surface area contributed by atoms with Crippen LogP contribution in [0.25, 0.3) is 32.3 Å². The monoisotopic (exact) mass is 684 g/mol. The summed E-state index contributed by atoms with van der Waals surface area (Å²) < 4.78 is 2.23. The molecule has 1 unspecified atom stereocenters. The van der Waals surface area contributed by atoms with Gasteiger partial charge in [0.25, 0.3) is 0 Å². The quantitative estimate of drug-likeness (QED) is 0.213. The van der Waals surface area contributed by atoms with E-state index >= 15 is 0 Å². The van der Waals surface area contributed by atoms with E-state index in [2.05, 4.69) is 163 Å². The Labute approximate surface area is 287 Å². The molecule has 6 rings (SSSR count). The third-order valence-electron chi connectivity index (χ3n) is 7.95. The van der Waals surface area contributed by atoms with E-state index in [-0.39, 0.29) is 35.6 Å². The number of hydrogen-bond acceptors (Lipinski definition) is 0. The fraction of sp³-hybridized carbons (Fsp3) is 0.300. The van der Waals surface area contributed by atoms with Crippen LogP contribution in [0.2, 0.25) is 0 Å². The zero-order chi connectivity index (χ0) is 29.9. The van der Waals surface area contributed by atoms with Crippen LogP contribution in [0.3, 0.4) is 0 Å². The van der Waals surface area contributed by atoms with E-state index in [9.17, 15) is 0 Å². The minimum absolute atomic E-state index is 0. The van der Waals surface area contributed by atoms with Crippen molar-refractivity contribution < 1.29 is 49.0 Å². The van der Waals surface area contributed by atoms with Crippen LogP contribution in [0.4, 0.5) is 0 Å². The molecule has 43 heavy (non-hydrogen) atoms. The third-order valence-corrected chi connectivity index (χ3v) is 8.72. The Balaban J connectivity index is 0.000000248. The van der Waals surface area contributed by atoms with E-state index in [0.29, 0.717) is 5.92 Å². The van der Waals surface area contributed by atoms with Crippen LogP contribution in [-0.2, 0) is 35.1 Å². The first-order valence-electron chi connectivity index (χ1n) is 14.7. The van der Waals surface area contributed by atoms with Gasteiger partial charge >= 0.3 is 86.7 Å². The predicted molar refractivity (Wildman–Crippen MR) is 179 cm³/mol. The van der Waals surface area contributed by atoms with Gasteiger partial charge in [-0.15, -0.1) is 46.7 Å².